The molecule has 0 fully saturated rings. The van der Waals surface area contributed by atoms with Crippen LogP contribution in [-0.4, -0.2) is 28.5 Å². The first-order valence-electron chi connectivity index (χ1n) is 5.84. The second-order valence-corrected chi connectivity index (χ2v) is 3.91. The molecule has 5 heteroatoms. The number of aromatic hydroxyl groups is 1. The molecule has 1 heterocycles. The molecule has 2 aromatic rings. The highest BCUT2D eigenvalue weighted by molar-refractivity contribution is 5.45. The van der Waals surface area contributed by atoms with E-state index in [0.717, 1.165) is 18.7 Å². The van der Waals surface area contributed by atoms with Gasteiger partial charge in [0.1, 0.15) is 0 Å². The first-order valence-corrected chi connectivity index (χ1v) is 5.84. The van der Waals surface area contributed by atoms with Gasteiger partial charge in [0, 0.05) is 31.0 Å². The maximum atomic E-state index is 9.89. The minimum Gasteiger partial charge on any atom is -0.504 e. The third kappa shape index (κ3) is 3.01. The summed E-state index contributed by atoms with van der Waals surface area (Å²) < 4.78 is 6.92. The molecule has 0 bridgehead atoms. The predicted molar refractivity (Wildman–Crippen MR) is 68.6 cm³/mol. The van der Waals surface area contributed by atoms with Crippen LogP contribution in [0.4, 0.5) is 0 Å². The van der Waals surface area contributed by atoms with Gasteiger partial charge in [-0.3, -0.25) is 4.68 Å². The molecular formula is C13H17N3O2. The zero-order valence-electron chi connectivity index (χ0n) is 10.3. The average molecular weight is 247 g/mol. The molecule has 0 atom stereocenters. The summed E-state index contributed by atoms with van der Waals surface area (Å²) in [7, 11) is 1.55. The topological polar surface area (TPSA) is 59.3 Å². The Balaban J connectivity index is 1.83. The van der Waals surface area contributed by atoms with Crippen molar-refractivity contribution < 1.29 is 9.84 Å². The van der Waals surface area contributed by atoms with Gasteiger partial charge >= 0.3 is 0 Å². The molecule has 0 radical (unpaired) electrons. The third-order valence-electron chi connectivity index (χ3n) is 2.69. The van der Waals surface area contributed by atoms with Crippen LogP contribution in [0.1, 0.15) is 5.56 Å². The zero-order valence-corrected chi connectivity index (χ0v) is 10.3. The molecule has 2 rings (SSSR count). The SMILES string of the molecule is COc1cccc(CNCCn2cccn2)c1O. The Morgan fingerprint density at radius 1 is 1.39 bits per heavy atom. The zero-order chi connectivity index (χ0) is 12.8. The fourth-order valence-corrected chi connectivity index (χ4v) is 1.72. The van der Waals surface area contributed by atoms with Crippen LogP contribution in [0.5, 0.6) is 11.5 Å². The number of hydrogen-bond donors (Lipinski definition) is 2. The van der Waals surface area contributed by atoms with Gasteiger partial charge < -0.3 is 15.2 Å². The summed E-state index contributed by atoms with van der Waals surface area (Å²) in [5, 5.41) is 17.3. The molecular weight excluding hydrogens is 230 g/mol. The summed E-state index contributed by atoms with van der Waals surface area (Å²) in [4.78, 5) is 0. The molecule has 96 valence electrons. The lowest BCUT2D eigenvalue weighted by molar-refractivity contribution is 0.369. The summed E-state index contributed by atoms with van der Waals surface area (Å²) >= 11 is 0. The predicted octanol–water partition coefficient (Wildman–Crippen LogP) is 1.39. The van der Waals surface area contributed by atoms with Crippen molar-refractivity contribution in [2.45, 2.75) is 13.1 Å². The first-order chi connectivity index (χ1) is 8.81. The number of nitrogens with zero attached hydrogens (tertiary/aromatic N) is 2. The number of nitrogens with one attached hydrogen (secondary N) is 1. The Kier molecular flexibility index (Phi) is 4.20. The van der Waals surface area contributed by atoms with Crippen LogP contribution >= 0.6 is 0 Å². The van der Waals surface area contributed by atoms with Crippen molar-refractivity contribution in [1.29, 1.82) is 0 Å². The number of rotatable bonds is 6. The molecule has 18 heavy (non-hydrogen) atoms. The second-order valence-electron chi connectivity index (χ2n) is 3.91. The quantitative estimate of drug-likeness (QED) is 0.757. The van der Waals surface area contributed by atoms with Crippen molar-refractivity contribution in [2.24, 2.45) is 0 Å². The van der Waals surface area contributed by atoms with Gasteiger partial charge in [0.2, 0.25) is 0 Å². The van der Waals surface area contributed by atoms with Gasteiger partial charge in [-0.2, -0.15) is 5.10 Å². The molecule has 1 aromatic heterocycles. The number of phenolic OH excluding ortho intramolecular Hbond substituents is 1. The molecule has 0 amide bonds. The van der Waals surface area contributed by atoms with E-state index in [-0.39, 0.29) is 5.75 Å². The Morgan fingerprint density at radius 2 is 2.28 bits per heavy atom. The lowest BCUT2D eigenvalue weighted by Crippen LogP contribution is -2.19. The van der Waals surface area contributed by atoms with Crippen LogP contribution in [0, 0.1) is 0 Å². The van der Waals surface area contributed by atoms with E-state index in [2.05, 4.69) is 10.4 Å². The van der Waals surface area contributed by atoms with E-state index in [1.807, 2.05) is 29.1 Å². The van der Waals surface area contributed by atoms with Crippen molar-refractivity contribution in [3.63, 3.8) is 0 Å². The number of ether oxygens (including phenoxy) is 1. The number of aromatic nitrogens is 2. The maximum Gasteiger partial charge on any atom is 0.162 e. The van der Waals surface area contributed by atoms with Crippen LogP contribution in [-0.2, 0) is 13.1 Å². The van der Waals surface area contributed by atoms with Crippen molar-refractivity contribution in [1.82, 2.24) is 15.1 Å². The molecule has 0 spiro atoms. The Morgan fingerprint density at radius 3 is 3.00 bits per heavy atom. The molecule has 0 saturated heterocycles. The monoisotopic (exact) mass is 247 g/mol. The van der Waals surface area contributed by atoms with E-state index in [1.54, 1.807) is 19.4 Å². The van der Waals surface area contributed by atoms with E-state index in [9.17, 15) is 5.11 Å². The molecule has 0 unspecified atom stereocenters. The van der Waals surface area contributed by atoms with Crippen LogP contribution in [0.3, 0.4) is 0 Å². The van der Waals surface area contributed by atoms with Gasteiger partial charge in [0.25, 0.3) is 0 Å². The van der Waals surface area contributed by atoms with E-state index in [1.165, 1.54) is 0 Å². The van der Waals surface area contributed by atoms with Crippen molar-refractivity contribution in [3.05, 3.63) is 42.2 Å². The molecule has 0 aliphatic heterocycles. The summed E-state index contributed by atoms with van der Waals surface area (Å²) in [6.45, 7) is 2.19. The largest absolute Gasteiger partial charge is 0.504 e. The average Bonchev–Trinajstić information content (AvgIpc) is 2.89. The highest BCUT2D eigenvalue weighted by Gasteiger charge is 2.06. The molecule has 0 aliphatic carbocycles. The summed E-state index contributed by atoms with van der Waals surface area (Å²) in [6.07, 6.45) is 3.68. The minimum absolute atomic E-state index is 0.201. The van der Waals surface area contributed by atoms with E-state index < -0.39 is 0 Å². The Labute approximate surface area is 106 Å². The Hall–Kier alpha value is -2.01. The molecule has 0 aliphatic rings. The fourth-order valence-electron chi connectivity index (χ4n) is 1.72. The third-order valence-corrected chi connectivity index (χ3v) is 2.69. The molecule has 5 nitrogen and oxygen atoms in total. The lowest BCUT2D eigenvalue weighted by Gasteiger charge is -2.09. The van der Waals surface area contributed by atoms with Crippen molar-refractivity contribution in [3.8, 4) is 11.5 Å². The van der Waals surface area contributed by atoms with Crippen molar-refractivity contribution in [2.75, 3.05) is 13.7 Å². The number of methoxy groups -OCH3 is 1. The van der Waals surface area contributed by atoms with Gasteiger partial charge in [0.05, 0.1) is 13.7 Å². The van der Waals surface area contributed by atoms with Crippen LogP contribution in [0.25, 0.3) is 0 Å². The summed E-state index contributed by atoms with van der Waals surface area (Å²) in [6, 6.07) is 7.37. The van der Waals surface area contributed by atoms with Crippen LogP contribution in [0.15, 0.2) is 36.7 Å². The molecule has 2 N–H and O–H groups in total. The lowest BCUT2D eigenvalue weighted by atomic mass is 10.2. The number of phenols is 1. The maximum absolute atomic E-state index is 9.89. The van der Waals surface area contributed by atoms with Gasteiger partial charge in [-0.1, -0.05) is 12.1 Å². The minimum atomic E-state index is 0.201. The van der Waals surface area contributed by atoms with E-state index in [0.29, 0.717) is 12.3 Å². The van der Waals surface area contributed by atoms with Gasteiger partial charge in [-0.25, -0.2) is 0 Å². The molecule has 1 aromatic carbocycles. The molecule has 0 saturated carbocycles. The highest BCUT2D eigenvalue weighted by atomic mass is 16.5. The number of hydrogen-bond acceptors (Lipinski definition) is 4. The second kappa shape index (κ2) is 6.07. The first kappa shape index (κ1) is 12.4. The summed E-state index contributed by atoms with van der Waals surface area (Å²) in [5.74, 6) is 0.702. The Bertz CT molecular complexity index is 483. The highest BCUT2D eigenvalue weighted by Crippen LogP contribution is 2.28. The van der Waals surface area contributed by atoms with Crippen LogP contribution in [0.2, 0.25) is 0 Å². The van der Waals surface area contributed by atoms with Gasteiger partial charge in [0.15, 0.2) is 11.5 Å². The standard InChI is InChI=1S/C13H17N3O2/c1-18-12-5-2-4-11(13(12)17)10-14-7-9-16-8-3-6-15-16/h2-6,8,14,17H,7,9-10H2,1H3. The van der Waals surface area contributed by atoms with Crippen molar-refractivity contribution >= 4 is 0 Å². The number of para-hydroxylation sites is 1. The van der Waals surface area contributed by atoms with Crippen LogP contribution < -0.4 is 10.1 Å². The fraction of sp³-hybridized carbons (Fsp3) is 0.308. The van der Waals surface area contributed by atoms with E-state index >= 15 is 0 Å². The normalized spacial score (nSPS) is 10.5. The van der Waals surface area contributed by atoms with Gasteiger partial charge in [-0.05, 0) is 12.1 Å². The van der Waals surface area contributed by atoms with Gasteiger partial charge in [-0.15, -0.1) is 0 Å². The smallest absolute Gasteiger partial charge is 0.162 e. The summed E-state index contributed by atoms with van der Waals surface area (Å²) in [5.41, 5.74) is 0.829. The number of benzene rings is 1. The van der Waals surface area contributed by atoms with E-state index in [4.69, 9.17) is 4.74 Å².